The van der Waals surface area contributed by atoms with Crippen molar-refractivity contribution in [3.8, 4) is 5.69 Å². The second-order valence-corrected chi connectivity index (χ2v) is 21.3. The molecule has 1 aromatic carbocycles. The third-order valence-corrected chi connectivity index (χ3v) is 16.4. The second kappa shape index (κ2) is 7.65. The first kappa shape index (κ1) is 26.0. The van der Waals surface area contributed by atoms with Crippen LogP contribution in [0.2, 0.25) is 0 Å². The molecule has 0 N–H and O–H groups in total. The van der Waals surface area contributed by atoms with Gasteiger partial charge in [0, 0.05) is 29.9 Å². The van der Waals surface area contributed by atoms with Gasteiger partial charge in [-0.25, -0.2) is 0 Å². The van der Waals surface area contributed by atoms with Gasteiger partial charge in [-0.3, -0.25) is 4.33 Å². The fourth-order valence-electron chi connectivity index (χ4n) is 13.6. The maximum atomic E-state index is 2.88. The quantitative estimate of drug-likeness (QED) is 0.352. The van der Waals surface area contributed by atoms with Crippen LogP contribution in [-0.2, 0) is 16.2 Å². The van der Waals surface area contributed by atoms with Crippen molar-refractivity contribution < 1.29 is 0 Å². The topological polar surface area (TPSA) is 4.93 Å². The van der Waals surface area contributed by atoms with Crippen LogP contribution in [0.4, 0.5) is 0 Å². The molecule has 39 heavy (non-hydrogen) atoms. The maximum absolute atomic E-state index is 2.88. The van der Waals surface area contributed by atoms with Gasteiger partial charge in [-0.2, -0.15) is 0 Å². The van der Waals surface area contributed by atoms with Crippen molar-refractivity contribution in [1.82, 2.24) is 4.33 Å². The first-order chi connectivity index (χ1) is 18.1. The largest absolute Gasteiger partial charge is 0.291 e. The van der Waals surface area contributed by atoms with Crippen molar-refractivity contribution in [1.29, 1.82) is 0 Å². The summed E-state index contributed by atoms with van der Waals surface area (Å²) in [6.07, 6.45) is 17.7. The minimum atomic E-state index is 0.205. The minimum absolute atomic E-state index is 0.205. The molecule has 4 unspecified atom stereocenters. The highest BCUT2D eigenvalue weighted by molar-refractivity contribution is 7.47. The lowest BCUT2D eigenvalue weighted by Gasteiger charge is -2.65. The van der Waals surface area contributed by atoms with E-state index in [1.807, 2.05) is 10.5 Å². The van der Waals surface area contributed by atoms with E-state index >= 15 is 0 Å². The molecule has 0 spiro atoms. The molecule has 0 saturated heterocycles. The molecule has 8 saturated carbocycles. The second-order valence-electron chi connectivity index (χ2n) is 18.8. The van der Waals surface area contributed by atoms with E-state index in [1.165, 1.54) is 96.7 Å². The van der Waals surface area contributed by atoms with Crippen LogP contribution in [0.5, 0.6) is 0 Å². The van der Waals surface area contributed by atoms with Crippen LogP contribution in [0.3, 0.4) is 0 Å². The van der Waals surface area contributed by atoms with E-state index in [2.05, 4.69) is 77.1 Å². The summed E-state index contributed by atoms with van der Waals surface area (Å²) in [4.78, 5) is 0. The van der Waals surface area contributed by atoms with Gasteiger partial charge >= 0.3 is 0 Å². The number of hydrogen-bond donors (Lipinski definition) is 0. The van der Waals surface area contributed by atoms with Crippen LogP contribution in [0.1, 0.15) is 142 Å². The molecule has 1 aromatic heterocycles. The van der Waals surface area contributed by atoms with Crippen molar-refractivity contribution in [2.45, 2.75) is 142 Å². The minimum Gasteiger partial charge on any atom is -0.291 e. The number of nitrogens with zero attached hydrogens (tertiary/aromatic N) is 1. The smallest absolute Gasteiger partial charge is 0.0608 e. The Balaban J connectivity index is 1.29. The van der Waals surface area contributed by atoms with E-state index in [9.17, 15) is 0 Å². The Morgan fingerprint density at radius 3 is 1.56 bits per heavy atom. The zero-order chi connectivity index (χ0) is 27.3. The number of hydrogen-bond acceptors (Lipinski definition) is 0. The molecule has 4 atom stereocenters. The van der Waals surface area contributed by atoms with Crippen LogP contribution in [-0.4, -0.2) is 4.33 Å². The fraction of sp³-hybridized carbons (Fsp3) is 0.778. The molecule has 0 radical (unpaired) electrons. The molecular weight excluding hydrogens is 508 g/mol. The van der Waals surface area contributed by atoms with E-state index in [1.54, 1.807) is 8.19 Å². The third-order valence-electron chi connectivity index (χ3n) is 12.8. The van der Waals surface area contributed by atoms with E-state index in [4.69, 9.17) is 0 Å². The van der Waals surface area contributed by atoms with Gasteiger partial charge in [-0.1, -0.05) is 60.6 Å². The molecule has 1 nitrogen and oxygen atoms in total. The first-order valence-electron chi connectivity index (χ1n) is 16.2. The molecule has 8 bridgehead atoms. The Bertz CT molecular complexity index is 1310. The van der Waals surface area contributed by atoms with E-state index in [0.717, 1.165) is 11.8 Å². The van der Waals surface area contributed by atoms with Gasteiger partial charge in [0.05, 0.1) is 5.43 Å². The molecule has 8 fully saturated rings. The highest BCUT2D eigenvalue weighted by atomic mass is 31.1. The van der Waals surface area contributed by atoms with Crippen LogP contribution in [0.25, 0.3) is 5.69 Å². The predicted octanol–water partition coefficient (Wildman–Crippen LogP) is 11.4. The fourth-order valence-corrected chi connectivity index (χ4v) is 17.1. The van der Waals surface area contributed by atoms with Gasteiger partial charge in [0.1, 0.15) is 0 Å². The summed E-state index contributed by atoms with van der Waals surface area (Å²) in [5.74, 6) is 1.91. The number of rotatable bonds is 3. The zero-order valence-corrected chi connectivity index (χ0v) is 27.6. The monoisotopic (exact) mass is 559 g/mol. The number of aromatic nitrogens is 1. The molecule has 3 heteroatoms. The van der Waals surface area contributed by atoms with Crippen molar-refractivity contribution in [3.05, 3.63) is 40.3 Å². The Morgan fingerprint density at radius 1 is 0.641 bits per heavy atom. The summed E-state index contributed by atoms with van der Waals surface area (Å²) >= 11 is 0. The van der Waals surface area contributed by atoms with Crippen LogP contribution < -0.4 is 0 Å². The van der Waals surface area contributed by atoms with Gasteiger partial charge in [0.2, 0.25) is 0 Å². The van der Waals surface area contributed by atoms with Gasteiger partial charge in [-0.15, -0.1) is 0 Å². The van der Waals surface area contributed by atoms with Crippen LogP contribution in [0.15, 0.2) is 24.3 Å². The van der Waals surface area contributed by atoms with Gasteiger partial charge < -0.3 is 0 Å². The lowest BCUT2D eigenvalue weighted by Crippen LogP contribution is -2.57. The predicted molar refractivity (Wildman–Crippen MR) is 168 cm³/mol. The molecular formula is C36H51NP2. The Morgan fingerprint density at radius 2 is 1.10 bits per heavy atom. The summed E-state index contributed by atoms with van der Waals surface area (Å²) in [5, 5.41) is 1.91. The van der Waals surface area contributed by atoms with E-state index in [-0.39, 0.29) is 5.41 Å². The number of benzene rings is 1. The molecule has 0 aliphatic heterocycles. The standard InChI is InChI=1S/C36H51NP2/c1-30(2,3)26-8-10-27(11-9-26)37-28(35-16-24-12-31(4,20-35)18-32(5,13-24)21-35)38-29(39-37)36-17-25-14-33(6,22-36)19-34(7,15-25)23-36/h8-11,24-25H,12-23H2,1-7H3. The molecule has 210 valence electrons. The van der Waals surface area contributed by atoms with Crippen molar-refractivity contribution in [3.63, 3.8) is 0 Å². The summed E-state index contributed by atoms with van der Waals surface area (Å²) < 4.78 is 2.88. The van der Waals surface area contributed by atoms with E-state index < -0.39 is 0 Å². The lowest BCUT2D eigenvalue weighted by atomic mass is 9.40. The lowest BCUT2D eigenvalue weighted by molar-refractivity contribution is -0.110. The van der Waals surface area contributed by atoms with Crippen molar-refractivity contribution in [2.75, 3.05) is 0 Å². The Kier molecular flexibility index (Phi) is 5.10. The summed E-state index contributed by atoms with van der Waals surface area (Å²) in [5.41, 5.74) is 8.13. The zero-order valence-electron chi connectivity index (χ0n) is 25.8. The molecule has 2 aromatic rings. The molecule has 1 heterocycles. The van der Waals surface area contributed by atoms with Crippen LogP contribution in [0, 0.1) is 33.5 Å². The molecule has 8 aliphatic rings. The SMILES string of the molecule is CC12CC3CC(C)(C1)CC(c1pc(C45CC6CC(C)(CC(C)(C6)C4)C5)n(-c4ccc(C(C)(C)C)cc4)p1)(C3)C2. The molecule has 0 amide bonds. The molecule has 8 aliphatic carbocycles. The van der Waals surface area contributed by atoms with Gasteiger partial charge in [0.15, 0.2) is 0 Å². The van der Waals surface area contributed by atoms with Crippen molar-refractivity contribution in [2.24, 2.45) is 33.5 Å². The maximum Gasteiger partial charge on any atom is 0.0608 e. The van der Waals surface area contributed by atoms with Gasteiger partial charge in [-0.05, 0) is 142 Å². The Labute approximate surface area is 241 Å². The average Bonchev–Trinajstić information content (AvgIpc) is 3.21. The average molecular weight is 560 g/mol. The van der Waals surface area contributed by atoms with Gasteiger partial charge in [0.25, 0.3) is 0 Å². The Hall–Kier alpha value is -0.640. The van der Waals surface area contributed by atoms with E-state index in [0.29, 0.717) is 32.5 Å². The first-order valence-corrected chi connectivity index (χ1v) is 17.9. The summed E-state index contributed by atoms with van der Waals surface area (Å²) in [6, 6.07) is 9.84. The van der Waals surface area contributed by atoms with Crippen LogP contribution >= 0.6 is 16.5 Å². The highest BCUT2D eigenvalue weighted by Gasteiger charge is 2.64. The highest BCUT2D eigenvalue weighted by Crippen LogP contribution is 2.74. The molecule has 10 rings (SSSR count). The normalized spacial score (nSPS) is 48.2. The summed E-state index contributed by atoms with van der Waals surface area (Å²) in [7, 11) is 3.19. The third kappa shape index (κ3) is 3.91. The summed E-state index contributed by atoms with van der Waals surface area (Å²) in [6.45, 7) is 17.7. The van der Waals surface area contributed by atoms with Crippen molar-refractivity contribution >= 4 is 16.5 Å².